The third kappa shape index (κ3) is 2.94. The molecule has 1 heterocycles. The molecule has 4 nitrogen and oxygen atoms in total. The highest BCUT2D eigenvalue weighted by atomic mass is 16.5. The number of benzene rings is 1. The average molecular weight is 250 g/mol. The van der Waals surface area contributed by atoms with E-state index in [9.17, 15) is 4.79 Å². The highest BCUT2D eigenvalue weighted by molar-refractivity contribution is 5.66. The number of carboxylic acids is 1. The van der Waals surface area contributed by atoms with E-state index in [0.717, 1.165) is 17.7 Å². The summed E-state index contributed by atoms with van der Waals surface area (Å²) >= 11 is 0. The smallest absolute Gasteiger partial charge is 0.303 e. The molecule has 1 N–H and O–H groups in total. The summed E-state index contributed by atoms with van der Waals surface area (Å²) in [7, 11) is 0. The molecule has 0 amide bonds. The van der Waals surface area contributed by atoms with Crippen molar-refractivity contribution in [3.63, 3.8) is 0 Å². The van der Waals surface area contributed by atoms with E-state index in [4.69, 9.17) is 14.6 Å². The van der Waals surface area contributed by atoms with Gasteiger partial charge in [0.05, 0.1) is 6.61 Å². The molecule has 0 aromatic heterocycles. The van der Waals surface area contributed by atoms with Crippen LogP contribution in [0.1, 0.15) is 32.3 Å². The van der Waals surface area contributed by atoms with Gasteiger partial charge in [-0.15, -0.1) is 0 Å². The van der Waals surface area contributed by atoms with Crippen molar-refractivity contribution in [2.75, 3.05) is 6.61 Å². The van der Waals surface area contributed by atoms with Crippen molar-refractivity contribution < 1.29 is 19.4 Å². The average Bonchev–Trinajstić information content (AvgIpc) is 2.58. The van der Waals surface area contributed by atoms with Crippen molar-refractivity contribution in [1.82, 2.24) is 0 Å². The second-order valence-corrected chi connectivity index (χ2v) is 5.13. The molecule has 0 aliphatic carbocycles. The summed E-state index contributed by atoms with van der Waals surface area (Å²) < 4.78 is 11.5. The number of hydrogen-bond acceptors (Lipinski definition) is 3. The standard InChI is InChI=1S/C14H18O4/c1-14(2)9-10-5-3-6-11(13(10)18-14)17-8-4-7-12(15)16/h3,5-6H,4,7-9H2,1-2H3,(H,15,16). The lowest BCUT2D eigenvalue weighted by Gasteiger charge is -2.18. The molecule has 0 radical (unpaired) electrons. The summed E-state index contributed by atoms with van der Waals surface area (Å²) in [6.45, 7) is 4.48. The van der Waals surface area contributed by atoms with E-state index in [-0.39, 0.29) is 12.0 Å². The zero-order valence-electron chi connectivity index (χ0n) is 10.7. The molecule has 0 saturated carbocycles. The van der Waals surface area contributed by atoms with Gasteiger partial charge in [0.1, 0.15) is 5.60 Å². The summed E-state index contributed by atoms with van der Waals surface area (Å²) in [5.74, 6) is 0.718. The number of rotatable bonds is 5. The summed E-state index contributed by atoms with van der Waals surface area (Å²) in [6, 6.07) is 5.84. The molecule has 0 unspecified atom stereocenters. The van der Waals surface area contributed by atoms with E-state index in [1.165, 1.54) is 0 Å². The van der Waals surface area contributed by atoms with Crippen LogP contribution in [0.4, 0.5) is 0 Å². The van der Waals surface area contributed by atoms with Gasteiger partial charge in [0.15, 0.2) is 11.5 Å². The predicted molar refractivity (Wildman–Crippen MR) is 67.2 cm³/mol. The SMILES string of the molecule is CC1(C)Cc2cccc(OCCCC(=O)O)c2O1. The third-order valence-corrected chi connectivity index (χ3v) is 2.85. The number of para-hydroxylation sites is 1. The quantitative estimate of drug-likeness (QED) is 0.816. The van der Waals surface area contributed by atoms with Crippen LogP contribution in [-0.4, -0.2) is 23.3 Å². The Morgan fingerprint density at radius 3 is 3.00 bits per heavy atom. The van der Waals surface area contributed by atoms with Gasteiger partial charge in [-0.05, 0) is 26.3 Å². The lowest BCUT2D eigenvalue weighted by Crippen LogP contribution is -2.24. The first-order valence-corrected chi connectivity index (χ1v) is 6.13. The van der Waals surface area contributed by atoms with Crippen LogP contribution in [0.25, 0.3) is 0 Å². The second kappa shape index (κ2) is 4.88. The van der Waals surface area contributed by atoms with Crippen LogP contribution in [0, 0.1) is 0 Å². The first-order valence-electron chi connectivity index (χ1n) is 6.13. The molecule has 0 fully saturated rings. The zero-order chi connectivity index (χ0) is 13.2. The van der Waals surface area contributed by atoms with Crippen LogP contribution >= 0.6 is 0 Å². The van der Waals surface area contributed by atoms with Gasteiger partial charge in [-0.25, -0.2) is 0 Å². The predicted octanol–water partition coefficient (Wildman–Crippen LogP) is 2.64. The third-order valence-electron chi connectivity index (χ3n) is 2.85. The fourth-order valence-electron chi connectivity index (χ4n) is 2.11. The number of ether oxygens (including phenoxy) is 2. The molecule has 1 aliphatic rings. The Hall–Kier alpha value is -1.71. The number of fused-ring (bicyclic) bond motifs is 1. The Morgan fingerprint density at radius 2 is 2.28 bits per heavy atom. The highest BCUT2D eigenvalue weighted by Gasteiger charge is 2.32. The Bertz CT molecular complexity index is 451. The number of carboxylic acid groups (broad SMARTS) is 1. The van der Waals surface area contributed by atoms with Gasteiger partial charge in [0.2, 0.25) is 0 Å². The second-order valence-electron chi connectivity index (χ2n) is 5.13. The van der Waals surface area contributed by atoms with Gasteiger partial charge in [0.25, 0.3) is 0 Å². The molecule has 1 aliphatic heterocycles. The number of hydrogen-bond donors (Lipinski definition) is 1. The first kappa shape index (κ1) is 12.7. The van der Waals surface area contributed by atoms with Gasteiger partial charge < -0.3 is 14.6 Å². The Kier molecular flexibility index (Phi) is 3.45. The molecule has 0 spiro atoms. The molecule has 4 heteroatoms. The molecule has 0 saturated heterocycles. The molecule has 0 bridgehead atoms. The van der Waals surface area contributed by atoms with Gasteiger partial charge in [-0.1, -0.05) is 12.1 Å². The Labute approximate surface area is 107 Å². The van der Waals surface area contributed by atoms with E-state index in [1.54, 1.807) is 0 Å². The van der Waals surface area contributed by atoms with E-state index >= 15 is 0 Å². The van der Waals surface area contributed by atoms with Gasteiger partial charge in [-0.2, -0.15) is 0 Å². The molecule has 1 aromatic carbocycles. The molecule has 2 rings (SSSR count). The molecular formula is C14H18O4. The number of carbonyl (C=O) groups is 1. The summed E-state index contributed by atoms with van der Waals surface area (Å²) in [4.78, 5) is 10.4. The molecule has 98 valence electrons. The van der Waals surface area contributed by atoms with E-state index in [1.807, 2.05) is 32.0 Å². The molecule has 0 atom stereocenters. The summed E-state index contributed by atoms with van der Waals surface area (Å²) in [5, 5.41) is 8.55. The van der Waals surface area contributed by atoms with Gasteiger partial charge >= 0.3 is 5.97 Å². The maximum atomic E-state index is 10.4. The van der Waals surface area contributed by atoms with Crippen LogP contribution in [0.2, 0.25) is 0 Å². The fraction of sp³-hybridized carbons (Fsp3) is 0.500. The molecular weight excluding hydrogens is 232 g/mol. The minimum absolute atomic E-state index is 0.126. The van der Waals surface area contributed by atoms with Crippen molar-refractivity contribution in [1.29, 1.82) is 0 Å². The van der Waals surface area contributed by atoms with Crippen molar-refractivity contribution in [2.24, 2.45) is 0 Å². The number of aliphatic carboxylic acids is 1. The minimum Gasteiger partial charge on any atom is -0.490 e. The summed E-state index contributed by atoms with van der Waals surface area (Å²) in [5.41, 5.74) is 0.957. The summed E-state index contributed by atoms with van der Waals surface area (Å²) in [6.07, 6.45) is 1.50. The van der Waals surface area contributed by atoms with Crippen LogP contribution < -0.4 is 9.47 Å². The van der Waals surface area contributed by atoms with Crippen molar-refractivity contribution >= 4 is 5.97 Å². The van der Waals surface area contributed by atoms with E-state index in [0.29, 0.717) is 18.8 Å². The van der Waals surface area contributed by atoms with Crippen molar-refractivity contribution in [2.45, 2.75) is 38.7 Å². The van der Waals surface area contributed by atoms with Crippen LogP contribution in [0.5, 0.6) is 11.5 Å². The van der Waals surface area contributed by atoms with Gasteiger partial charge in [-0.3, -0.25) is 4.79 Å². The topological polar surface area (TPSA) is 55.8 Å². The lowest BCUT2D eigenvalue weighted by atomic mass is 10.0. The Balaban J connectivity index is 1.99. The van der Waals surface area contributed by atoms with Crippen LogP contribution in [0.15, 0.2) is 18.2 Å². The Morgan fingerprint density at radius 1 is 1.50 bits per heavy atom. The monoisotopic (exact) mass is 250 g/mol. The zero-order valence-corrected chi connectivity index (χ0v) is 10.7. The van der Waals surface area contributed by atoms with Crippen LogP contribution in [-0.2, 0) is 11.2 Å². The first-order chi connectivity index (χ1) is 8.48. The van der Waals surface area contributed by atoms with E-state index < -0.39 is 5.97 Å². The largest absolute Gasteiger partial charge is 0.490 e. The van der Waals surface area contributed by atoms with Crippen molar-refractivity contribution in [3.05, 3.63) is 23.8 Å². The van der Waals surface area contributed by atoms with Crippen molar-refractivity contribution in [3.8, 4) is 11.5 Å². The van der Waals surface area contributed by atoms with E-state index in [2.05, 4.69) is 0 Å². The molecule has 18 heavy (non-hydrogen) atoms. The maximum Gasteiger partial charge on any atom is 0.303 e. The normalized spacial score (nSPS) is 15.9. The molecule has 1 aromatic rings. The minimum atomic E-state index is -0.797. The fourth-order valence-corrected chi connectivity index (χ4v) is 2.11. The van der Waals surface area contributed by atoms with Gasteiger partial charge in [0, 0.05) is 18.4 Å². The lowest BCUT2D eigenvalue weighted by molar-refractivity contribution is -0.137. The highest BCUT2D eigenvalue weighted by Crippen LogP contribution is 2.41. The van der Waals surface area contributed by atoms with Crippen LogP contribution in [0.3, 0.4) is 0 Å². The maximum absolute atomic E-state index is 10.4.